The average molecular weight is 436 g/mol. The van der Waals surface area contributed by atoms with Crippen LogP contribution in [0.25, 0.3) is 0 Å². The van der Waals surface area contributed by atoms with Crippen LogP contribution >= 0.6 is 0 Å². The third-order valence-electron chi connectivity index (χ3n) is 5.81. The van der Waals surface area contributed by atoms with Gasteiger partial charge in [0, 0.05) is 49.7 Å². The van der Waals surface area contributed by atoms with Crippen LogP contribution in [0.15, 0.2) is 78.9 Å². The lowest BCUT2D eigenvalue weighted by atomic mass is 10.1. The second kappa shape index (κ2) is 10.4. The normalized spacial score (nSPS) is 14.4. The third kappa shape index (κ3) is 5.51. The zero-order valence-corrected chi connectivity index (χ0v) is 18.0. The highest BCUT2D eigenvalue weighted by Gasteiger charge is 2.22. The molecule has 1 aliphatic rings. The van der Waals surface area contributed by atoms with Crippen molar-refractivity contribution in [3.05, 3.63) is 96.1 Å². The number of carbonyl (C=O) groups is 1. The molecule has 4 nitrogen and oxygen atoms in total. The Morgan fingerprint density at radius 2 is 1.28 bits per heavy atom. The first-order chi connectivity index (χ1) is 15.6. The fourth-order valence-corrected chi connectivity index (χ4v) is 4.04. The molecular formula is C26H27F2N3O. The fraction of sp³-hybridized carbons (Fsp3) is 0.269. The van der Waals surface area contributed by atoms with Gasteiger partial charge in [0.25, 0.3) is 5.91 Å². The van der Waals surface area contributed by atoms with Gasteiger partial charge in [0.05, 0.1) is 0 Å². The Morgan fingerprint density at radius 1 is 0.750 bits per heavy atom. The Labute approximate surface area is 187 Å². The summed E-state index contributed by atoms with van der Waals surface area (Å²) in [4.78, 5) is 19.0. The molecule has 4 rings (SSSR count). The summed E-state index contributed by atoms with van der Waals surface area (Å²) in [6.45, 7) is 4.73. The highest BCUT2D eigenvalue weighted by atomic mass is 19.1. The van der Waals surface area contributed by atoms with Crippen LogP contribution in [0.1, 0.15) is 16.8 Å². The summed E-state index contributed by atoms with van der Waals surface area (Å²) in [6.07, 6.45) is 0.890. The molecule has 0 aliphatic carbocycles. The number of rotatable bonds is 7. The third-order valence-corrected chi connectivity index (χ3v) is 5.81. The number of benzene rings is 3. The van der Waals surface area contributed by atoms with Gasteiger partial charge in [-0.3, -0.25) is 9.69 Å². The molecule has 1 fully saturated rings. The van der Waals surface area contributed by atoms with Crippen LogP contribution in [0.5, 0.6) is 0 Å². The smallest absolute Gasteiger partial charge is 0.253 e. The monoisotopic (exact) mass is 435 g/mol. The van der Waals surface area contributed by atoms with Gasteiger partial charge in [-0.05, 0) is 73.6 Å². The summed E-state index contributed by atoms with van der Waals surface area (Å²) in [5.74, 6) is -0.476. The van der Waals surface area contributed by atoms with Crippen molar-refractivity contribution in [1.82, 2.24) is 9.80 Å². The molecule has 1 saturated heterocycles. The van der Waals surface area contributed by atoms with E-state index in [9.17, 15) is 13.6 Å². The van der Waals surface area contributed by atoms with Crippen LogP contribution in [0.4, 0.5) is 20.2 Å². The highest BCUT2D eigenvalue weighted by Crippen LogP contribution is 2.26. The first-order valence-corrected chi connectivity index (χ1v) is 11.0. The van der Waals surface area contributed by atoms with Gasteiger partial charge in [-0.1, -0.05) is 18.2 Å². The van der Waals surface area contributed by atoms with Crippen LogP contribution < -0.4 is 4.90 Å². The SMILES string of the molecule is O=C(c1ccccc1)N1CCN(CCCN(c2ccc(F)cc2)c2ccc(F)cc2)CC1. The summed E-state index contributed by atoms with van der Waals surface area (Å²) >= 11 is 0. The molecule has 32 heavy (non-hydrogen) atoms. The summed E-state index contributed by atoms with van der Waals surface area (Å²) in [5.41, 5.74) is 2.47. The quantitative estimate of drug-likeness (QED) is 0.525. The molecule has 3 aromatic rings. The van der Waals surface area contributed by atoms with E-state index < -0.39 is 0 Å². The topological polar surface area (TPSA) is 26.8 Å². The summed E-state index contributed by atoms with van der Waals surface area (Å²) in [7, 11) is 0. The van der Waals surface area contributed by atoms with E-state index in [-0.39, 0.29) is 17.5 Å². The van der Waals surface area contributed by atoms with E-state index in [0.29, 0.717) is 13.1 Å². The zero-order chi connectivity index (χ0) is 22.3. The number of halogens is 2. The first kappa shape index (κ1) is 22.0. The standard InChI is InChI=1S/C26H27F2N3O/c27-22-7-11-24(12-8-22)31(25-13-9-23(28)10-14-25)16-4-15-29-17-19-30(20-18-29)26(32)21-5-2-1-3-6-21/h1-3,5-14H,4,15-20H2. The molecule has 0 aromatic heterocycles. The molecule has 0 spiro atoms. The van der Waals surface area contributed by atoms with Gasteiger partial charge < -0.3 is 9.80 Å². The molecule has 0 radical (unpaired) electrons. The van der Waals surface area contributed by atoms with Crippen molar-refractivity contribution in [3.8, 4) is 0 Å². The minimum Gasteiger partial charge on any atom is -0.341 e. The molecule has 0 N–H and O–H groups in total. The number of anilines is 2. The maximum Gasteiger partial charge on any atom is 0.253 e. The van der Waals surface area contributed by atoms with Crippen molar-refractivity contribution in [3.63, 3.8) is 0 Å². The Morgan fingerprint density at radius 3 is 1.81 bits per heavy atom. The fourth-order valence-electron chi connectivity index (χ4n) is 4.04. The number of hydrogen-bond acceptors (Lipinski definition) is 3. The van der Waals surface area contributed by atoms with Crippen molar-refractivity contribution in [2.45, 2.75) is 6.42 Å². The zero-order valence-electron chi connectivity index (χ0n) is 18.0. The van der Waals surface area contributed by atoms with E-state index in [1.54, 1.807) is 24.3 Å². The number of carbonyl (C=O) groups excluding carboxylic acids is 1. The van der Waals surface area contributed by atoms with Gasteiger partial charge in [-0.25, -0.2) is 8.78 Å². The van der Waals surface area contributed by atoms with Crippen molar-refractivity contribution in [1.29, 1.82) is 0 Å². The lowest BCUT2D eigenvalue weighted by molar-refractivity contribution is 0.0636. The number of amides is 1. The molecule has 1 aliphatic heterocycles. The van der Waals surface area contributed by atoms with Crippen molar-refractivity contribution < 1.29 is 13.6 Å². The summed E-state index contributed by atoms with van der Waals surface area (Å²) < 4.78 is 26.8. The van der Waals surface area contributed by atoms with Crippen LogP contribution in [0, 0.1) is 11.6 Å². The summed E-state index contributed by atoms with van der Waals surface area (Å²) in [6, 6.07) is 22.1. The van der Waals surface area contributed by atoms with Gasteiger partial charge in [0.1, 0.15) is 11.6 Å². The Balaban J connectivity index is 1.32. The Hall–Kier alpha value is -3.25. The molecule has 0 unspecified atom stereocenters. The Bertz CT molecular complexity index is 956. The second-order valence-corrected chi connectivity index (χ2v) is 7.96. The van der Waals surface area contributed by atoms with E-state index >= 15 is 0 Å². The van der Waals surface area contributed by atoms with Gasteiger partial charge in [0.2, 0.25) is 0 Å². The number of piperazine rings is 1. The predicted octanol–water partition coefficient (Wildman–Crippen LogP) is 4.95. The van der Waals surface area contributed by atoms with E-state index in [2.05, 4.69) is 9.80 Å². The minimum atomic E-state index is -0.282. The van der Waals surface area contributed by atoms with Crippen molar-refractivity contribution in [2.24, 2.45) is 0 Å². The predicted molar refractivity (Wildman–Crippen MR) is 123 cm³/mol. The van der Waals surface area contributed by atoms with Crippen molar-refractivity contribution >= 4 is 17.3 Å². The average Bonchev–Trinajstić information content (AvgIpc) is 2.84. The van der Waals surface area contributed by atoms with Gasteiger partial charge in [0.15, 0.2) is 0 Å². The van der Waals surface area contributed by atoms with E-state index in [1.807, 2.05) is 35.2 Å². The largest absolute Gasteiger partial charge is 0.341 e. The van der Waals surface area contributed by atoms with Crippen LogP contribution in [-0.4, -0.2) is 55.0 Å². The van der Waals surface area contributed by atoms with E-state index in [1.165, 1.54) is 24.3 Å². The maximum absolute atomic E-state index is 13.4. The van der Waals surface area contributed by atoms with E-state index in [4.69, 9.17) is 0 Å². The van der Waals surface area contributed by atoms with Gasteiger partial charge in [-0.15, -0.1) is 0 Å². The van der Waals surface area contributed by atoms with Crippen LogP contribution in [-0.2, 0) is 0 Å². The molecule has 0 saturated carbocycles. The van der Waals surface area contributed by atoms with E-state index in [0.717, 1.165) is 49.5 Å². The van der Waals surface area contributed by atoms with Crippen LogP contribution in [0.2, 0.25) is 0 Å². The van der Waals surface area contributed by atoms with Crippen LogP contribution in [0.3, 0.4) is 0 Å². The molecule has 1 heterocycles. The first-order valence-electron chi connectivity index (χ1n) is 11.0. The highest BCUT2D eigenvalue weighted by molar-refractivity contribution is 5.94. The Kier molecular flexibility index (Phi) is 7.12. The molecule has 1 amide bonds. The number of hydrogen-bond donors (Lipinski definition) is 0. The molecule has 3 aromatic carbocycles. The molecule has 0 atom stereocenters. The molecule has 6 heteroatoms. The maximum atomic E-state index is 13.4. The molecule has 166 valence electrons. The summed E-state index contributed by atoms with van der Waals surface area (Å²) in [5, 5.41) is 0. The second-order valence-electron chi connectivity index (χ2n) is 7.96. The molecular weight excluding hydrogens is 408 g/mol. The van der Waals surface area contributed by atoms with Gasteiger partial charge >= 0.3 is 0 Å². The minimum absolute atomic E-state index is 0.0871. The molecule has 0 bridgehead atoms. The van der Waals surface area contributed by atoms with Crippen molar-refractivity contribution in [2.75, 3.05) is 44.2 Å². The van der Waals surface area contributed by atoms with Gasteiger partial charge in [-0.2, -0.15) is 0 Å². The number of nitrogens with zero attached hydrogens (tertiary/aromatic N) is 3. The lowest BCUT2D eigenvalue weighted by Gasteiger charge is -2.35. The lowest BCUT2D eigenvalue weighted by Crippen LogP contribution is -2.49.